The van der Waals surface area contributed by atoms with Crippen LogP contribution in [0.4, 0.5) is 0 Å². The van der Waals surface area contributed by atoms with Crippen LogP contribution in [0.5, 0.6) is 0 Å². The predicted molar refractivity (Wildman–Crippen MR) is 486 cm³/mol. The first kappa shape index (κ1) is 65.1. The van der Waals surface area contributed by atoms with Crippen LogP contribution in [0.15, 0.2) is 400 Å². The topological polar surface area (TPSA) is 71.3 Å². The van der Waals surface area contributed by atoms with Crippen molar-refractivity contribution >= 4 is 163 Å². The van der Waals surface area contributed by atoms with E-state index in [1.807, 2.05) is 0 Å². The largest absolute Gasteiger partial charge is 0.309 e. The lowest BCUT2D eigenvalue weighted by molar-refractivity contribution is 1.07. The summed E-state index contributed by atoms with van der Waals surface area (Å²) >= 11 is 0. The quantitative estimate of drug-likeness (QED) is 0.152. The Labute approximate surface area is 665 Å². The first-order chi connectivity index (χ1) is 57.5. The van der Waals surface area contributed by atoms with Gasteiger partial charge in [-0.2, -0.15) is 0 Å². The fourth-order valence-electron chi connectivity index (χ4n) is 18.6. The van der Waals surface area contributed by atoms with E-state index in [0.29, 0.717) is 11.6 Å². The molecular weight excluding hydrogens is 1410 g/mol. The molecule has 0 atom stereocenters. The van der Waals surface area contributed by atoms with E-state index in [2.05, 4.69) is 419 Å². The molecule has 0 radical (unpaired) electrons. The molecule has 25 rings (SSSR count). The predicted octanol–water partition coefficient (Wildman–Crippen LogP) is 28.1. The molecule has 0 unspecified atom stereocenters. The Morgan fingerprint density at radius 1 is 0.164 bits per heavy atom. The van der Waals surface area contributed by atoms with Gasteiger partial charge in [-0.3, -0.25) is 9.13 Å². The normalized spacial score (nSPS) is 12.0. The van der Waals surface area contributed by atoms with Crippen molar-refractivity contribution in [2.75, 3.05) is 0 Å². The fourth-order valence-corrected chi connectivity index (χ4v) is 18.6. The van der Waals surface area contributed by atoms with Crippen LogP contribution in [0.3, 0.4) is 0 Å². The Bertz CT molecular complexity index is 8350. The minimum atomic E-state index is 0.679. The molecule has 538 valence electrons. The summed E-state index contributed by atoms with van der Waals surface area (Å²) in [5, 5.41) is 23.9. The maximum atomic E-state index is 5.59. The highest BCUT2D eigenvalue weighted by Gasteiger charge is 2.25. The summed E-state index contributed by atoms with van der Waals surface area (Å²) in [5.41, 5.74) is 19.7. The van der Waals surface area contributed by atoms with Crippen molar-refractivity contribution in [3.63, 3.8) is 0 Å². The van der Waals surface area contributed by atoms with Crippen LogP contribution in [0.2, 0.25) is 0 Å². The molecule has 0 amide bonds. The van der Waals surface area contributed by atoms with Gasteiger partial charge in [0.15, 0.2) is 11.6 Å². The lowest BCUT2D eigenvalue weighted by Gasteiger charge is -2.15. The number of hydrogen-bond donors (Lipinski definition) is 0. The maximum Gasteiger partial charge on any atom is 0.162 e. The molecule has 25 aromatic rings. The summed E-state index contributed by atoms with van der Waals surface area (Å²) in [7, 11) is 0. The molecule has 0 bridgehead atoms. The molecule has 19 aromatic carbocycles. The van der Waals surface area contributed by atoms with Gasteiger partial charge in [0, 0.05) is 76.4 Å². The minimum absolute atomic E-state index is 0.679. The first-order valence-corrected chi connectivity index (χ1v) is 39.6. The van der Waals surface area contributed by atoms with Crippen LogP contribution in [0.1, 0.15) is 0 Å². The summed E-state index contributed by atoms with van der Waals surface area (Å²) in [6.45, 7) is 0. The number of para-hydroxylation sites is 4. The summed E-state index contributed by atoms with van der Waals surface area (Å²) in [6.07, 6.45) is 0. The molecule has 6 heterocycles. The molecule has 8 heteroatoms. The van der Waals surface area contributed by atoms with E-state index < -0.39 is 0 Å². The van der Waals surface area contributed by atoms with Crippen molar-refractivity contribution in [2.24, 2.45) is 0 Å². The van der Waals surface area contributed by atoms with Crippen molar-refractivity contribution in [3.05, 3.63) is 400 Å². The van der Waals surface area contributed by atoms with Gasteiger partial charge in [0.2, 0.25) is 0 Å². The molecule has 0 aliphatic heterocycles. The van der Waals surface area contributed by atoms with Crippen LogP contribution < -0.4 is 0 Å². The lowest BCUT2D eigenvalue weighted by Crippen LogP contribution is -2.03. The molecule has 6 aromatic heterocycles. The van der Waals surface area contributed by atoms with Gasteiger partial charge >= 0.3 is 0 Å². The summed E-state index contributed by atoms with van der Waals surface area (Å²) in [4.78, 5) is 21.5. The molecule has 0 fully saturated rings. The van der Waals surface area contributed by atoms with Gasteiger partial charge in [-0.25, -0.2) is 19.9 Å². The summed E-state index contributed by atoms with van der Waals surface area (Å²) in [5.74, 6) is 3.11. The molecule has 0 spiro atoms. The van der Waals surface area contributed by atoms with Crippen molar-refractivity contribution in [1.29, 1.82) is 0 Å². The highest BCUT2D eigenvalue weighted by Crippen LogP contribution is 2.46. The third kappa shape index (κ3) is 10.3. The van der Waals surface area contributed by atoms with Crippen LogP contribution in [-0.4, -0.2) is 38.2 Å². The van der Waals surface area contributed by atoms with Gasteiger partial charge < -0.3 is 9.13 Å². The van der Waals surface area contributed by atoms with Crippen molar-refractivity contribution < 1.29 is 0 Å². The molecule has 0 N–H and O–H groups in total. The molecule has 0 aliphatic rings. The minimum Gasteiger partial charge on any atom is -0.309 e. The van der Waals surface area contributed by atoms with Gasteiger partial charge in [-0.05, 0) is 204 Å². The van der Waals surface area contributed by atoms with E-state index in [9.17, 15) is 0 Å². The van der Waals surface area contributed by atoms with Crippen molar-refractivity contribution in [1.82, 2.24) is 38.2 Å². The molecule has 8 nitrogen and oxygen atoms in total. The van der Waals surface area contributed by atoms with Gasteiger partial charge in [0.05, 0.1) is 55.2 Å². The molecule has 0 saturated carbocycles. The third-order valence-electron chi connectivity index (χ3n) is 23.9. The Morgan fingerprint density at radius 2 is 0.509 bits per heavy atom. The Kier molecular flexibility index (Phi) is 14.6. The van der Waals surface area contributed by atoms with E-state index in [0.717, 1.165) is 111 Å². The smallest absolute Gasteiger partial charge is 0.162 e. The summed E-state index contributed by atoms with van der Waals surface area (Å²) < 4.78 is 9.59. The van der Waals surface area contributed by atoms with E-state index in [-0.39, 0.29) is 0 Å². The van der Waals surface area contributed by atoms with Gasteiger partial charge in [-0.1, -0.05) is 273 Å². The molecule has 0 aliphatic carbocycles. The SMILES string of the molecule is c1ccc(-c2cc(-c3ccccc3)cc(-c3nc(-n4c5ccc(-n6c7ccccc7c7c8ccccc8ccc76)cc5c5cc6ccccc6cc54)c4ccccc4n3)c2)cc1.c1ccc2cc3c(cc2c1)c1cc(-n2c4ccccc4c4c5ccccc5ccc42)ccc1n3-c1nc(-c2cccc3ccccc23)nc2ccccc12. The van der Waals surface area contributed by atoms with E-state index >= 15 is 0 Å². The van der Waals surface area contributed by atoms with Crippen molar-refractivity contribution in [3.8, 4) is 68.0 Å². The van der Waals surface area contributed by atoms with Crippen LogP contribution in [0, 0.1) is 0 Å². The van der Waals surface area contributed by atoms with Gasteiger partial charge in [0.25, 0.3) is 0 Å². The van der Waals surface area contributed by atoms with Crippen LogP contribution >= 0.6 is 0 Å². The number of hydrogen-bond acceptors (Lipinski definition) is 4. The fraction of sp³-hybridized carbons (Fsp3) is 0. The monoisotopic (exact) mass is 1470 g/mol. The number of rotatable bonds is 8. The van der Waals surface area contributed by atoms with Crippen LogP contribution in [0.25, 0.3) is 231 Å². The second-order valence-electron chi connectivity index (χ2n) is 30.4. The Morgan fingerprint density at radius 3 is 1.00 bits per heavy atom. The molecular formula is C108H66N8. The second kappa shape index (κ2) is 26.0. The Balaban J connectivity index is 0.000000134. The number of fused-ring (bicyclic) bond motifs is 21. The average Bonchev–Trinajstić information content (AvgIpc) is 1.55. The highest BCUT2D eigenvalue weighted by molar-refractivity contribution is 6.24. The third-order valence-corrected chi connectivity index (χ3v) is 23.9. The van der Waals surface area contributed by atoms with E-state index in [1.54, 1.807) is 0 Å². The molecule has 116 heavy (non-hydrogen) atoms. The highest BCUT2D eigenvalue weighted by atomic mass is 15.1. The summed E-state index contributed by atoms with van der Waals surface area (Å²) in [6, 6.07) is 144. The van der Waals surface area contributed by atoms with E-state index in [1.165, 1.54) is 108 Å². The number of benzene rings is 19. The van der Waals surface area contributed by atoms with Gasteiger partial charge in [0.1, 0.15) is 11.6 Å². The zero-order valence-electron chi connectivity index (χ0n) is 62.7. The standard InChI is InChI=1S/C58H36N4.C50H30N4/c1-3-15-37(16-4-1)42-31-43(38-17-5-2-6-18-38)33-44(32-42)57-59-51-25-13-11-23-47(51)58(60-57)62-53-30-28-45(36-50(53)49-34-40-20-7-8-21-41(40)35-55(49)62)61-52-26-14-12-24-48(52)56-46-22-10-9-19-39(46)27-29-54(56)61;1-2-15-34-29-47-41(28-33(34)14-1)42-30-35(53-44-23-10-8-20-40(44)48-37-18-6-4-13-32(37)24-26-46(48)53)25-27-45(42)54(47)50-39-19-7-9-22-43(39)51-49(52-50)38-21-11-16-31-12-3-5-17-36(31)38/h1-36H;1-30H. The van der Waals surface area contributed by atoms with Gasteiger partial charge in [-0.15, -0.1) is 0 Å². The first-order valence-electron chi connectivity index (χ1n) is 39.6. The lowest BCUT2D eigenvalue weighted by atomic mass is 9.96. The zero-order chi connectivity index (χ0) is 76.1. The average molecular weight is 1480 g/mol. The van der Waals surface area contributed by atoms with E-state index in [4.69, 9.17) is 19.9 Å². The molecule has 0 saturated heterocycles. The van der Waals surface area contributed by atoms with Crippen LogP contribution in [-0.2, 0) is 0 Å². The van der Waals surface area contributed by atoms with Crippen molar-refractivity contribution in [2.45, 2.75) is 0 Å². The maximum absolute atomic E-state index is 5.59. The number of aromatic nitrogens is 8. The second-order valence-corrected chi connectivity index (χ2v) is 30.4. The number of nitrogens with zero attached hydrogens (tertiary/aromatic N) is 8. The Hall–Kier alpha value is -15.6. The zero-order valence-corrected chi connectivity index (χ0v) is 62.7.